The Morgan fingerprint density at radius 1 is 1.22 bits per heavy atom. The maximum atomic E-state index is 12.2. The van der Waals surface area contributed by atoms with E-state index in [1.54, 1.807) is 0 Å². The molecule has 3 rings (SSSR count). The minimum absolute atomic E-state index is 0.286. The minimum Gasteiger partial charge on any atom is -0.598 e. The smallest absolute Gasteiger partial charge is 0.302 e. The van der Waals surface area contributed by atoms with Crippen molar-refractivity contribution in [3.63, 3.8) is 0 Å². The van der Waals surface area contributed by atoms with Gasteiger partial charge in [-0.05, 0) is 78.8 Å². The van der Waals surface area contributed by atoms with Crippen molar-refractivity contribution in [2.24, 2.45) is 0 Å². The molecule has 32 heavy (non-hydrogen) atoms. The molecule has 0 saturated heterocycles. The minimum atomic E-state index is -1.16. The van der Waals surface area contributed by atoms with Gasteiger partial charge in [0.2, 0.25) is 0 Å². The maximum Gasteiger partial charge on any atom is 0.302 e. The Kier molecular flexibility index (Phi) is 8.49. The van der Waals surface area contributed by atoms with Crippen molar-refractivity contribution in [3.8, 4) is 5.75 Å². The second-order valence-electron chi connectivity index (χ2n) is 8.40. The van der Waals surface area contributed by atoms with Crippen LogP contribution in [-0.4, -0.2) is 21.9 Å². The molecule has 1 atom stereocenters. The summed E-state index contributed by atoms with van der Waals surface area (Å²) in [6, 6.07) is 13.8. The van der Waals surface area contributed by atoms with Crippen LogP contribution in [0.1, 0.15) is 44.6 Å². The Bertz CT molecular complexity index is 1080. The largest absolute Gasteiger partial charge is 0.598 e. The lowest BCUT2D eigenvalue weighted by Crippen LogP contribution is -2.38. The van der Waals surface area contributed by atoms with Gasteiger partial charge in [0.25, 0.3) is 0 Å². The number of halogens is 1. The molecule has 0 fully saturated rings. The molecule has 1 N–H and O–H groups in total. The van der Waals surface area contributed by atoms with Crippen LogP contribution in [-0.2, 0) is 40.5 Å². The molecule has 2 aromatic carbocycles. The van der Waals surface area contributed by atoms with Gasteiger partial charge in [-0.2, -0.15) is 0 Å². The molecule has 0 bridgehead atoms. The van der Waals surface area contributed by atoms with Gasteiger partial charge >= 0.3 is 5.97 Å². The molecule has 0 aliphatic heterocycles. The molecule has 0 radical (unpaired) electrons. The zero-order chi connectivity index (χ0) is 23.3. The van der Waals surface area contributed by atoms with Crippen molar-refractivity contribution in [1.82, 2.24) is 4.72 Å². The van der Waals surface area contributed by atoms with E-state index in [-0.39, 0.29) is 10.7 Å². The molecule has 0 amide bonds. The number of ether oxygens (including phenoxy) is 2. The topological polar surface area (TPSA) is 83.8 Å². The van der Waals surface area contributed by atoms with E-state index in [4.69, 9.17) is 13.9 Å². The van der Waals surface area contributed by atoms with E-state index in [1.807, 2.05) is 63.2 Å². The quantitative estimate of drug-likeness (QED) is 0.215. The van der Waals surface area contributed by atoms with Crippen LogP contribution in [0.2, 0.25) is 0 Å². The number of hydrogen-bond donors (Lipinski definition) is 1. The summed E-state index contributed by atoms with van der Waals surface area (Å²) in [6.07, 6.45) is 0.598. The normalized spacial score (nSPS) is 12.7. The Morgan fingerprint density at radius 2 is 1.97 bits per heavy atom. The van der Waals surface area contributed by atoms with Crippen molar-refractivity contribution < 1.29 is 23.2 Å². The molecule has 3 aromatic rings. The highest BCUT2D eigenvalue weighted by atomic mass is 127. The first-order valence-corrected chi connectivity index (χ1v) is 12.6. The first-order chi connectivity index (χ1) is 15.1. The van der Waals surface area contributed by atoms with Crippen molar-refractivity contribution in [3.05, 3.63) is 62.9 Å². The standard InChI is InChI=1S/C24H28INO5S/c1-16(27)29-10-9-18-7-5-6-8-22(18)30-15-17-11-19-13-20(31-23(19)21(25)12-17)14-26-32(28)24(2,3)4/h5-8,11-13,26H,9-10,14-15H2,1-4H3/t32-/m1/s1. The molecule has 1 aromatic heterocycles. The van der Waals surface area contributed by atoms with E-state index < -0.39 is 11.4 Å². The fourth-order valence-corrected chi connectivity index (χ4v) is 4.59. The number of hydrogen-bond acceptors (Lipinski definition) is 6. The van der Waals surface area contributed by atoms with Crippen LogP contribution in [0.3, 0.4) is 0 Å². The van der Waals surface area contributed by atoms with Gasteiger partial charge in [-0.1, -0.05) is 18.2 Å². The van der Waals surface area contributed by atoms with E-state index in [9.17, 15) is 9.35 Å². The van der Waals surface area contributed by atoms with Gasteiger partial charge in [0.1, 0.15) is 28.4 Å². The van der Waals surface area contributed by atoms with Crippen LogP contribution in [0, 0.1) is 3.57 Å². The SMILES string of the molecule is CC(=O)OCCc1ccccc1OCc1cc(I)c2oc(CN[S@+]([O-])C(C)(C)C)cc2c1. The fourth-order valence-electron chi connectivity index (χ4n) is 3.06. The second-order valence-corrected chi connectivity index (χ2v) is 11.6. The molecule has 1 heterocycles. The van der Waals surface area contributed by atoms with E-state index in [0.29, 0.717) is 26.2 Å². The summed E-state index contributed by atoms with van der Waals surface area (Å²) < 4.78 is 33.0. The molecule has 0 spiro atoms. The number of esters is 1. The highest BCUT2D eigenvalue weighted by Crippen LogP contribution is 2.28. The first kappa shape index (κ1) is 24.9. The van der Waals surface area contributed by atoms with Gasteiger partial charge in [0.05, 0.1) is 16.7 Å². The van der Waals surface area contributed by atoms with E-state index >= 15 is 0 Å². The number of nitrogens with one attached hydrogen (secondary N) is 1. The number of rotatable bonds is 9. The third kappa shape index (κ3) is 6.87. The van der Waals surface area contributed by atoms with E-state index in [2.05, 4.69) is 27.3 Å². The molecular formula is C24H28INO5S. The van der Waals surface area contributed by atoms with Crippen LogP contribution in [0.15, 0.2) is 46.9 Å². The first-order valence-electron chi connectivity index (χ1n) is 10.3. The Hall–Kier alpha value is -1.75. The summed E-state index contributed by atoms with van der Waals surface area (Å²) in [5, 5.41) is 0.983. The molecule has 0 saturated carbocycles. The molecule has 0 aliphatic rings. The second kappa shape index (κ2) is 10.9. The molecule has 0 unspecified atom stereocenters. The third-order valence-corrected chi connectivity index (χ3v) is 6.98. The molecule has 0 aliphatic carbocycles. The predicted molar refractivity (Wildman–Crippen MR) is 135 cm³/mol. The summed E-state index contributed by atoms with van der Waals surface area (Å²) in [7, 11) is 0. The number of carbonyl (C=O) groups is 1. The Labute approximate surface area is 205 Å². The average molecular weight is 569 g/mol. The highest BCUT2D eigenvalue weighted by Gasteiger charge is 2.26. The summed E-state index contributed by atoms with van der Waals surface area (Å²) in [5.74, 6) is 1.23. The number of carbonyl (C=O) groups excluding carboxylic acids is 1. The van der Waals surface area contributed by atoms with Crippen molar-refractivity contribution >= 4 is 50.9 Å². The van der Waals surface area contributed by atoms with Gasteiger partial charge < -0.3 is 18.4 Å². The molecule has 8 heteroatoms. The van der Waals surface area contributed by atoms with E-state index in [1.165, 1.54) is 6.92 Å². The summed E-state index contributed by atoms with van der Waals surface area (Å²) in [5.41, 5.74) is 2.83. The van der Waals surface area contributed by atoms with Crippen molar-refractivity contribution in [2.75, 3.05) is 6.61 Å². The summed E-state index contributed by atoms with van der Waals surface area (Å²) in [4.78, 5) is 11.0. The zero-order valence-electron chi connectivity index (χ0n) is 18.7. The lowest BCUT2D eigenvalue weighted by atomic mass is 10.1. The number of furan rings is 1. The lowest BCUT2D eigenvalue weighted by molar-refractivity contribution is -0.140. The van der Waals surface area contributed by atoms with Gasteiger partial charge in [0.15, 0.2) is 0 Å². The Morgan fingerprint density at radius 3 is 2.69 bits per heavy atom. The van der Waals surface area contributed by atoms with Gasteiger partial charge in [0, 0.05) is 30.1 Å². The van der Waals surface area contributed by atoms with Crippen LogP contribution >= 0.6 is 22.6 Å². The van der Waals surface area contributed by atoms with Crippen LogP contribution in [0.25, 0.3) is 11.0 Å². The number of para-hydroxylation sites is 1. The molecule has 6 nitrogen and oxygen atoms in total. The Balaban J connectivity index is 1.68. The zero-order valence-corrected chi connectivity index (χ0v) is 21.7. The van der Waals surface area contributed by atoms with Gasteiger partial charge in [-0.3, -0.25) is 4.79 Å². The average Bonchev–Trinajstić information content (AvgIpc) is 3.14. The molecular weight excluding hydrogens is 541 g/mol. The molecule has 172 valence electrons. The van der Waals surface area contributed by atoms with Crippen LogP contribution < -0.4 is 9.46 Å². The maximum absolute atomic E-state index is 12.2. The summed E-state index contributed by atoms with van der Waals surface area (Å²) >= 11 is 1.10. The lowest BCUT2D eigenvalue weighted by Gasteiger charge is -2.23. The predicted octanol–water partition coefficient (Wildman–Crippen LogP) is 5.27. The number of benzene rings is 2. The van der Waals surface area contributed by atoms with Crippen LogP contribution in [0.4, 0.5) is 0 Å². The van der Waals surface area contributed by atoms with Crippen LogP contribution in [0.5, 0.6) is 5.75 Å². The van der Waals surface area contributed by atoms with Crippen molar-refractivity contribution in [2.45, 2.75) is 52.0 Å². The van der Waals surface area contributed by atoms with Gasteiger partial charge in [-0.25, -0.2) is 0 Å². The monoisotopic (exact) mass is 569 g/mol. The number of fused-ring (bicyclic) bond motifs is 1. The summed E-state index contributed by atoms with van der Waals surface area (Å²) in [6.45, 7) is 8.32. The van der Waals surface area contributed by atoms with Crippen molar-refractivity contribution in [1.29, 1.82) is 0 Å². The fraction of sp³-hybridized carbons (Fsp3) is 0.375. The highest BCUT2D eigenvalue weighted by molar-refractivity contribution is 14.1. The van der Waals surface area contributed by atoms with E-state index in [0.717, 1.165) is 37.2 Å². The third-order valence-electron chi connectivity index (χ3n) is 4.66. The van der Waals surface area contributed by atoms with Gasteiger partial charge in [-0.15, -0.1) is 4.72 Å².